The Hall–Kier alpha value is -0.810. The first-order valence-corrected chi connectivity index (χ1v) is 1.20. The van der Waals surface area contributed by atoms with Crippen LogP contribution >= 0.6 is 0 Å². The van der Waals surface area contributed by atoms with Gasteiger partial charge in [-0.05, 0) is 10.4 Å². The highest BCUT2D eigenvalue weighted by Crippen LogP contribution is 1.49. The fourth-order valence-electron chi connectivity index (χ4n) is 0. The first-order chi connectivity index (χ1) is 3.15. The third-order valence-corrected chi connectivity index (χ3v) is 0. The van der Waals surface area contributed by atoms with Gasteiger partial charge >= 0.3 is 0 Å². The molecule has 42 valence electrons. The standard InChI is InChI=1S/CH4O3.HN3/c2-1(3)4;1-3-2/h1-4H;1H. The molecular formula is CH5N3O3. The van der Waals surface area contributed by atoms with Crippen molar-refractivity contribution in [3.63, 3.8) is 0 Å². The number of nitrogens with zero attached hydrogens (tertiary/aromatic N) is 2. The topological polar surface area (TPSA) is 121 Å². The Morgan fingerprint density at radius 2 is 1.43 bits per heavy atom. The van der Waals surface area contributed by atoms with Crippen LogP contribution in [0.1, 0.15) is 0 Å². The highest BCUT2D eigenvalue weighted by atomic mass is 16.6. The van der Waals surface area contributed by atoms with E-state index in [9.17, 15) is 0 Å². The Morgan fingerprint density at radius 3 is 1.43 bits per heavy atom. The lowest BCUT2D eigenvalue weighted by atomic mass is 11.4. The number of aliphatic hydroxyl groups excluding tert-OH is 1. The number of rotatable bonds is 0. The van der Waals surface area contributed by atoms with Crippen molar-refractivity contribution >= 4 is 0 Å². The first kappa shape index (κ1) is 9.50. The zero-order valence-corrected chi connectivity index (χ0v) is 3.31. The zero-order valence-electron chi connectivity index (χ0n) is 3.31. The van der Waals surface area contributed by atoms with Gasteiger partial charge in [0.15, 0.2) is 0 Å². The summed E-state index contributed by atoms with van der Waals surface area (Å²) in [4.78, 5) is 1.75. The minimum atomic E-state index is -2.17. The average molecular weight is 107 g/mol. The van der Waals surface area contributed by atoms with Gasteiger partial charge in [-0.25, -0.2) is 0 Å². The number of hydrogen-bond donors (Lipinski definition) is 4. The zero-order chi connectivity index (χ0) is 6.28. The summed E-state index contributed by atoms with van der Waals surface area (Å²) in [6.45, 7) is -2.17. The molecule has 0 aromatic carbocycles. The number of nitrogens with one attached hydrogen (secondary N) is 1. The lowest BCUT2D eigenvalue weighted by Gasteiger charge is -1.80. The first-order valence-electron chi connectivity index (χ1n) is 1.20. The quantitative estimate of drug-likeness (QED) is 0.139. The summed E-state index contributed by atoms with van der Waals surface area (Å²) in [6, 6.07) is 0. The molecule has 7 heavy (non-hydrogen) atoms. The van der Waals surface area contributed by atoms with Crippen molar-refractivity contribution in [2.24, 2.45) is 0 Å². The van der Waals surface area contributed by atoms with Crippen LogP contribution in [0.5, 0.6) is 0 Å². The Balaban J connectivity index is 0. The van der Waals surface area contributed by atoms with Gasteiger partial charge in [0.2, 0.25) is 0 Å². The van der Waals surface area contributed by atoms with Crippen LogP contribution in [0.2, 0.25) is 0 Å². The maximum absolute atomic E-state index is 7.17. The molecule has 0 aromatic rings. The van der Waals surface area contributed by atoms with Crippen molar-refractivity contribution in [1.82, 2.24) is 0 Å². The molecular weight excluding hydrogens is 102 g/mol. The Kier molecular flexibility index (Phi) is 12.1. The lowest BCUT2D eigenvalue weighted by molar-refractivity contribution is -0.198. The number of hydrogen-bond acceptors (Lipinski definition) is 4. The lowest BCUT2D eigenvalue weighted by Crippen LogP contribution is -1.98. The normalized spacial score (nSPS) is 6.29. The van der Waals surface area contributed by atoms with Crippen LogP contribution in [0, 0.1) is 5.53 Å². The molecule has 0 atom stereocenters. The summed E-state index contributed by atoms with van der Waals surface area (Å²) in [5.74, 6) is 0. The molecule has 0 radical (unpaired) electrons. The van der Waals surface area contributed by atoms with E-state index in [1.807, 2.05) is 0 Å². The second kappa shape index (κ2) is 8.95. The van der Waals surface area contributed by atoms with Crippen molar-refractivity contribution in [1.29, 1.82) is 5.53 Å². The van der Waals surface area contributed by atoms with Crippen molar-refractivity contribution in [3.05, 3.63) is 10.4 Å². The van der Waals surface area contributed by atoms with E-state index in [0.29, 0.717) is 0 Å². The van der Waals surface area contributed by atoms with Crippen LogP contribution in [-0.4, -0.2) is 21.8 Å². The van der Waals surface area contributed by atoms with E-state index in [1.54, 1.807) is 4.91 Å². The summed E-state index contributed by atoms with van der Waals surface area (Å²) in [5, 5.41) is 21.5. The summed E-state index contributed by atoms with van der Waals surface area (Å²) >= 11 is 0. The van der Waals surface area contributed by atoms with Gasteiger partial charge in [0.05, 0.1) is 0 Å². The van der Waals surface area contributed by atoms with Crippen LogP contribution in [0.25, 0.3) is 10.4 Å². The van der Waals surface area contributed by atoms with Gasteiger partial charge in [-0.2, -0.15) is 0 Å². The van der Waals surface area contributed by atoms with Crippen LogP contribution in [0.4, 0.5) is 0 Å². The predicted molar refractivity (Wildman–Crippen MR) is 19.9 cm³/mol. The molecule has 6 nitrogen and oxygen atoms in total. The Morgan fingerprint density at radius 1 is 1.43 bits per heavy atom. The molecule has 0 unspecified atom stereocenters. The molecule has 0 saturated heterocycles. The molecule has 0 aromatic heterocycles. The molecule has 0 fully saturated rings. The molecule has 0 aliphatic rings. The summed E-state index contributed by atoms with van der Waals surface area (Å²) in [5.41, 5.74) is 12.2. The minimum Gasteiger partial charge on any atom is -0.346 e. The van der Waals surface area contributed by atoms with Gasteiger partial charge < -0.3 is 15.3 Å². The molecule has 6 heteroatoms. The van der Waals surface area contributed by atoms with Gasteiger partial charge in [0.1, 0.15) is 0 Å². The second-order valence-corrected chi connectivity index (χ2v) is 0.446. The van der Waals surface area contributed by atoms with Crippen LogP contribution in [-0.2, 0) is 0 Å². The van der Waals surface area contributed by atoms with Crippen LogP contribution in [0.3, 0.4) is 0 Å². The second-order valence-electron chi connectivity index (χ2n) is 0.446. The Labute approximate surface area is 39.1 Å². The summed E-state index contributed by atoms with van der Waals surface area (Å²) < 4.78 is 0. The van der Waals surface area contributed by atoms with Crippen molar-refractivity contribution in [2.75, 3.05) is 0 Å². The van der Waals surface area contributed by atoms with E-state index >= 15 is 0 Å². The van der Waals surface area contributed by atoms with Gasteiger partial charge in [-0.15, -0.1) is 5.53 Å². The fourth-order valence-corrected chi connectivity index (χ4v) is 0. The van der Waals surface area contributed by atoms with Crippen molar-refractivity contribution in [2.45, 2.75) is 6.48 Å². The van der Waals surface area contributed by atoms with Gasteiger partial charge in [-0.1, -0.05) is 0 Å². The minimum absolute atomic E-state index is 1.75. The van der Waals surface area contributed by atoms with Crippen LogP contribution < -0.4 is 0 Å². The fraction of sp³-hybridized carbons (Fsp3) is 1.00. The maximum atomic E-state index is 7.17. The van der Waals surface area contributed by atoms with Crippen molar-refractivity contribution in [3.8, 4) is 0 Å². The SMILES string of the molecule is OC(O)O.[N-]=[N+]=N. The number of aliphatic hydroxyl groups is 3. The molecule has 0 spiro atoms. The van der Waals surface area contributed by atoms with E-state index in [-0.39, 0.29) is 0 Å². The predicted octanol–water partition coefficient (Wildman–Crippen LogP) is -0.878. The largest absolute Gasteiger partial charge is 0.346 e. The van der Waals surface area contributed by atoms with E-state index in [2.05, 4.69) is 0 Å². The molecule has 0 aliphatic carbocycles. The molecule has 0 heterocycles. The third-order valence-electron chi connectivity index (χ3n) is 0. The Bertz CT molecular complexity index is 52.4. The highest BCUT2D eigenvalue weighted by Gasteiger charge is 1.72. The van der Waals surface area contributed by atoms with Gasteiger partial charge in [0.25, 0.3) is 6.48 Å². The molecule has 4 N–H and O–H groups in total. The van der Waals surface area contributed by atoms with E-state index < -0.39 is 6.48 Å². The highest BCUT2D eigenvalue weighted by molar-refractivity contribution is 4.18. The van der Waals surface area contributed by atoms with E-state index in [0.717, 1.165) is 0 Å². The molecule has 0 saturated carbocycles. The summed E-state index contributed by atoms with van der Waals surface area (Å²) in [7, 11) is 0. The monoisotopic (exact) mass is 107 g/mol. The maximum Gasteiger partial charge on any atom is 0.263 e. The van der Waals surface area contributed by atoms with Crippen LogP contribution in [0.15, 0.2) is 0 Å². The summed E-state index contributed by atoms with van der Waals surface area (Å²) in [6.07, 6.45) is 0. The van der Waals surface area contributed by atoms with E-state index in [4.69, 9.17) is 26.4 Å². The smallest absolute Gasteiger partial charge is 0.263 e. The molecule has 0 bridgehead atoms. The van der Waals surface area contributed by atoms with Crippen molar-refractivity contribution < 1.29 is 15.3 Å². The van der Waals surface area contributed by atoms with Gasteiger partial charge in [0, 0.05) is 0 Å². The van der Waals surface area contributed by atoms with E-state index in [1.165, 1.54) is 0 Å². The van der Waals surface area contributed by atoms with Gasteiger partial charge in [-0.3, -0.25) is 0 Å². The molecule has 0 rings (SSSR count). The molecule has 0 aliphatic heterocycles. The average Bonchev–Trinajstić information content (AvgIpc) is 1.33. The molecule has 0 amide bonds. The third kappa shape index (κ3) is 80.5.